The number of allylic oxidation sites excluding steroid dienone is 3. The number of hydrogen-bond acceptors (Lipinski definition) is 2. The van der Waals surface area contributed by atoms with Gasteiger partial charge in [0.1, 0.15) is 5.76 Å². The van der Waals surface area contributed by atoms with Crippen molar-refractivity contribution in [2.45, 2.75) is 40.5 Å². The maximum atomic E-state index is 11.7. The summed E-state index contributed by atoms with van der Waals surface area (Å²) in [5.41, 5.74) is 0.898. The van der Waals surface area contributed by atoms with Gasteiger partial charge in [0, 0.05) is 0 Å². The Morgan fingerprint density at radius 3 is 2.24 bits per heavy atom. The maximum absolute atomic E-state index is 11.7. The molecule has 0 N–H and O–H groups in total. The molecule has 0 aromatic heterocycles. The van der Waals surface area contributed by atoms with Crippen LogP contribution in [-0.4, -0.2) is 5.97 Å². The second-order valence-corrected chi connectivity index (χ2v) is 4.94. The standard InChI is InChI=1S/C15H24O2/c1-11(2)7-9-13(5)15(16)17-14(6)10-8-12(3)4/h8,10-11,13H,3,6-7,9H2,1-2,4-5H3/b10-8-. The third-order valence-electron chi connectivity index (χ3n) is 2.36. The average Bonchev–Trinajstić information content (AvgIpc) is 2.22. The monoisotopic (exact) mass is 236 g/mol. The van der Waals surface area contributed by atoms with Gasteiger partial charge >= 0.3 is 5.97 Å². The topological polar surface area (TPSA) is 26.3 Å². The van der Waals surface area contributed by atoms with E-state index in [9.17, 15) is 4.79 Å². The number of rotatable bonds is 7. The fourth-order valence-electron chi connectivity index (χ4n) is 1.20. The zero-order valence-electron chi connectivity index (χ0n) is 11.5. The van der Waals surface area contributed by atoms with E-state index in [0.29, 0.717) is 11.7 Å². The van der Waals surface area contributed by atoms with Crippen LogP contribution in [0.15, 0.2) is 36.6 Å². The second-order valence-electron chi connectivity index (χ2n) is 4.94. The zero-order valence-corrected chi connectivity index (χ0v) is 11.5. The molecule has 1 unspecified atom stereocenters. The molecule has 0 rings (SSSR count). The van der Waals surface area contributed by atoms with Gasteiger partial charge in [0.2, 0.25) is 0 Å². The molecule has 0 aliphatic carbocycles. The fraction of sp³-hybridized carbons (Fsp3) is 0.533. The molecule has 0 radical (unpaired) electrons. The Balaban J connectivity index is 4.07. The molecule has 0 fully saturated rings. The van der Waals surface area contributed by atoms with Crippen LogP contribution < -0.4 is 0 Å². The van der Waals surface area contributed by atoms with Crippen molar-refractivity contribution in [1.82, 2.24) is 0 Å². The minimum atomic E-state index is -0.206. The van der Waals surface area contributed by atoms with Crippen molar-refractivity contribution < 1.29 is 9.53 Å². The van der Waals surface area contributed by atoms with Gasteiger partial charge in [-0.25, -0.2) is 0 Å². The lowest BCUT2D eigenvalue weighted by atomic mass is 10.00. The van der Waals surface area contributed by atoms with Crippen LogP contribution in [0.5, 0.6) is 0 Å². The summed E-state index contributed by atoms with van der Waals surface area (Å²) in [6.45, 7) is 15.4. The lowest BCUT2D eigenvalue weighted by Crippen LogP contribution is -2.14. The number of hydrogen-bond donors (Lipinski definition) is 0. The second kappa shape index (κ2) is 7.88. The number of carbonyl (C=O) groups excluding carboxylic acids is 1. The Labute approximate surface area is 105 Å². The SMILES string of the molecule is C=C(C)/C=C\C(=C)OC(=O)C(C)CCC(C)C. The molecule has 0 aliphatic rings. The molecule has 0 heterocycles. The molecule has 0 saturated carbocycles. The van der Waals surface area contributed by atoms with E-state index in [1.807, 2.05) is 13.8 Å². The van der Waals surface area contributed by atoms with Crippen LogP contribution in [0.4, 0.5) is 0 Å². The van der Waals surface area contributed by atoms with Crippen LogP contribution in [-0.2, 0) is 9.53 Å². The van der Waals surface area contributed by atoms with E-state index in [4.69, 9.17) is 4.74 Å². The van der Waals surface area contributed by atoms with E-state index in [-0.39, 0.29) is 11.9 Å². The highest BCUT2D eigenvalue weighted by Gasteiger charge is 2.15. The van der Waals surface area contributed by atoms with Gasteiger partial charge in [0.15, 0.2) is 0 Å². The summed E-state index contributed by atoms with van der Waals surface area (Å²) in [5, 5.41) is 0. The highest BCUT2D eigenvalue weighted by Crippen LogP contribution is 2.14. The summed E-state index contributed by atoms with van der Waals surface area (Å²) >= 11 is 0. The Hall–Kier alpha value is -1.31. The average molecular weight is 236 g/mol. The summed E-state index contributed by atoms with van der Waals surface area (Å²) in [5.74, 6) is 0.695. The summed E-state index contributed by atoms with van der Waals surface area (Å²) in [6.07, 6.45) is 5.32. The van der Waals surface area contributed by atoms with E-state index in [2.05, 4.69) is 27.0 Å². The largest absolute Gasteiger partial charge is 0.427 e. The molecule has 0 aromatic rings. The minimum absolute atomic E-state index is 0.0765. The molecule has 0 aromatic carbocycles. The van der Waals surface area contributed by atoms with Crippen molar-refractivity contribution in [1.29, 1.82) is 0 Å². The molecule has 2 heteroatoms. The summed E-state index contributed by atoms with van der Waals surface area (Å²) in [4.78, 5) is 11.7. The van der Waals surface area contributed by atoms with Crippen LogP contribution in [0, 0.1) is 11.8 Å². The molecule has 0 amide bonds. The van der Waals surface area contributed by atoms with Crippen LogP contribution in [0.25, 0.3) is 0 Å². The van der Waals surface area contributed by atoms with Crippen LogP contribution >= 0.6 is 0 Å². The van der Waals surface area contributed by atoms with E-state index >= 15 is 0 Å². The van der Waals surface area contributed by atoms with E-state index in [1.54, 1.807) is 12.2 Å². The van der Waals surface area contributed by atoms with Crippen molar-refractivity contribution in [3.8, 4) is 0 Å². The van der Waals surface area contributed by atoms with E-state index in [1.165, 1.54) is 0 Å². The van der Waals surface area contributed by atoms with E-state index in [0.717, 1.165) is 18.4 Å². The molecule has 2 nitrogen and oxygen atoms in total. The molecular weight excluding hydrogens is 212 g/mol. The first-order valence-electron chi connectivity index (χ1n) is 6.07. The van der Waals surface area contributed by atoms with Crippen molar-refractivity contribution in [3.05, 3.63) is 36.6 Å². The van der Waals surface area contributed by atoms with Crippen LogP contribution in [0.2, 0.25) is 0 Å². The molecule has 0 bridgehead atoms. The smallest absolute Gasteiger partial charge is 0.314 e. The van der Waals surface area contributed by atoms with Crippen LogP contribution in [0.1, 0.15) is 40.5 Å². The Morgan fingerprint density at radius 2 is 1.76 bits per heavy atom. The summed E-state index contributed by atoms with van der Waals surface area (Å²) in [6, 6.07) is 0. The zero-order chi connectivity index (χ0) is 13.4. The van der Waals surface area contributed by atoms with Crippen molar-refractivity contribution >= 4 is 5.97 Å². The van der Waals surface area contributed by atoms with E-state index < -0.39 is 0 Å². The number of esters is 1. The van der Waals surface area contributed by atoms with Gasteiger partial charge < -0.3 is 4.74 Å². The van der Waals surface area contributed by atoms with Gasteiger partial charge in [0.05, 0.1) is 5.92 Å². The lowest BCUT2D eigenvalue weighted by molar-refractivity contribution is -0.143. The molecule has 96 valence electrons. The van der Waals surface area contributed by atoms with Crippen LogP contribution in [0.3, 0.4) is 0 Å². The number of ether oxygens (including phenoxy) is 1. The lowest BCUT2D eigenvalue weighted by Gasteiger charge is -2.12. The fourth-order valence-corrected chi connectivity index (χ4v) is 1.20. The number of carbonyl (C=O) groups is 1. The molecule has 17 heavy (non-hydrogen) atoms. The summed E-state index contributed by atoms with van der Waals surface area (Å²) in [7, 11) is 0. The normalized spacial score (nSPS) is 12.8. The first-order chi connectivity index (χ1) is 7.82. The first kappa shape index (κ1) is 15.7. The highest BCUT2D eigenvalue weighted by molar-refractivity contribution is 5.73. The molecule has 0 spiro atoms. The van der Waals surface area contributed by atoms with Gasteiger partial charge in [-0.05, 0) is 25.3 Å². The van der Waals surface area contributed by atoms with Gasteiger partial charge in [0.25, 0.3) is 0 Å². The Kier molecular flexibility index (Phi) is 7.27. The first-order valence-corrected chi connectivity index (χ1v) is 6.07. The third-order valence-corrected chi connectivity index (χ3v) is 2.36. The van der Waals surface area contributed by atoms with Crippen molar-refractivity contribution in [2.75, 3.05) is 0 Å². The van der Waals surface area contributed by atoms with Gasteiger partial charge in [-0.1, -0.05) is 52.0 Å². The molecule has 1 atom stereocenters. The predicted molar refractivity (Wildman–Crippen MR) is 72.4 cm³/mol. The molecular formula is C15H24O2. The summed E-state index contributed by atoms with van der Waals surface area (Å²) < 4.78 is 5.13. The maximum Gasteiger partial charge on any atom is 0.314 e. The van der Waals surface area contributed by atoms with Gasteiger partial charge in [-0.3, -0.25) is 4.79 Å². The van der Waals surface area contributed by atoms with Crippen molar-refractivity contribution in [3.63, 3.8) is 0 Å². The quantitative estimate of drug-likeness (QED) is 0.375. The highest BCUT2D eigenvalue weighted by atomic mass is 16.5. The predicted octanol–water partition coefficient (Wildman–Crippen LogP) is 4.25. The minimum Gasteiger partial charge on any atom is -0.427 e. The van der Waals surface area contributed by atoms with Gasteiger partial charge in [-0.2, -0.15) is 0 Å². The third kappa shape index (κ3) is 8.49. The Morgan fingerprint density at radius 1 is 1.18 bits per heavy atom. The molecule has 0 aliphatic heterocycles. The van der Waals surface area contributed by atoms with Crippen molar-refractivity contribution in [2.24, 2.45) is 11.8 Å². The van der Waals surface area contributed by atoms with Gasteiger partial charge in [-0.15, -0.1) is 0 Å². The Bertz CT molecular complexity index is 311. The molecule has 0 saturated heterocycles.